The highest BCUT2D eigenvalue weighted by molar-refractivity contribution is 14.1. The minimum absolute atomic E-state index is 0.251. The third kappa shape index (κ3) is 5.47. The monoisotopic (exact) mass is 435 g/mol. The zero-order valence-corrected chi connectivity index (χ0v) is 16.7. The summed E-state index contributed by atoms with van der Waals surface area (Å²) in [6, 6.07) is 0. The summed E-state index contributed by atoms with van der Waals surface area (Å²) in [4.78, 5) is 37.0. The van der Waals surface area contributed by atoms with Crippen LogP contribution in [0.1, 0.15) is 52.7 Å². The van der Waals surface area contributed by atoms with E-state index >= 15 is 0 Å². The van der Waals surface area contributed by atoms with Gasteiger partial charge in [-0.3, -0.25) is 14.2 Å². The molecule has 1 aromatic heterocycles. The van der Waals surface area contributed by atoms with Gasteiger partial charge in [-0.05, 0) is 56.7 Å². The Morgan fingerprint density at radius 1 is 1.17 bits per heavy atom. The Morgan fingerprint density at radius 3 is 2.30 bits per heavy atom. The highest BCUT2D eigenvalue weighted by atomic mass is 127. The zero-order valence-electron chi connectivity index (χ0n) is 14.5. The minimum atomic E-state index is -0.409. The number of hydrogen-bond donors (Lipinski definition) is 1. The van der Waals surface area contributed by atoms with E-state index in [1.807, 2.05) is 43.4 Å². The standard InChI is InChI=1S/C16H26IN3O3/c1-6-7-8-9-19-11(2)13(17)14(22)20(15(19)23)10-12(21)18-16(3,4)5/h6-10H2,1-5H3,(H,18,21). The molecule has 1 aromatic rings. The molecule has 1 heterocycles. The predicted molar refractivity (Wildman–Crippen MR) is 99.8 cm³/mol. The lowest BCUT2D eigenvalue weighted by Crippen LogP contribution is -2.48. The van der Waals surface area contributed by atoms with Gasteiger partial charge in [0.25, 0.3) is 5.56 Å². The van der Waals surface area contributed by atoms with E-state index in [4.69, 9.17) is 0 Å². The first-order valence-corrected chi connectivity index (χ1v) is 8.97. The van der Waals surface area contributed by atoms with Gasteiger partial charge < -0.3 is 5.32 Å². The van der Waals surface area contributed by atoms with Crippen LogP contribution in [0.15, 0.2) is 9.59 Å². The smallest absolute Gasteiger partial charge is 0.331 e. The summed E-state index contributed by atoms with van der Waals surface area (Å²) >= 11 is 1.95. The average Bonchev–Trinajstić information content (AvgIpc) is 2.43. The highest BCUT2D eigenvalue weighted by Gasteiger charge is 2.19. The molecule has 1 rings (SSSR count). The highest BCUT2D eigenvalue weighted by Crippen LogP contribution is 2.06. The van der Waals surface area contributed by atoms with Gasteiger partial charge in [-0.15, -0.1) is 0 Å². The molecule has 0 aliphatic rings. The van der Waals surface area contributed by atoms with Crippen molar-refractivity contribution in [2.24, 2.45) is 0 Å². The van der Waals surface area contributed by atoms with Crippen LogP contribution in [-0.4, -0.2) is 20.6 Å². The van der Waals surface area contributed by atoms with Crippen LogP contribution in [0.2, 0.25) is 0 Å². The van der Waals surface area contributed by atoms with Crippen LogP contribution in [0.3, 0.4) is 0 Å². The SMILES string of the molecule is CCCCCn1c(C)c(I)c(=O)n(CC(=O)NC(C)(C)C)c1=O. The Bertz CT molecular complexity index is 684. The van der Waals surface area contributed by atoms with Crippen LogP contribution in [0, 0.1) is 10.5 Å². The maximum atomic E-state index is 12.6. The fourth-order valence-corrected chi connectivity index (χ4v) is 2.87. The van der Waals surface area contributed by atoms with E-state index in [9.17, 15) is 14.4 Å². The van der Waals surface area contributed by atoms with Crippen molar-refractivity contribution in [2.45, 2.75) is 72.5 Å². The molecule has 130 valence electrons. The van der Waals surface area contributed by atoms with Gasteiger partial charge in [0.05, 0.1) is 3.57 Å². The lowest BCUT2D eigenvalue weighted by atomic mass is 10.1. The van der Waals surface area contributed by atoms with E-state index in [2.05, 4.69) is 12.2 Å². The topological polar surface area (TPSA) is 73.1 Å². The first-order chi connectivity index (χ1) is 10.6. The van der Waals surface area contributed by atoms with E-state index in [0.717, 1.165) is 23.8 Å². The van der Waals surface area contributed by atoms with Gasteiger partial charge in [-0.1, -0.05) is 19.8 Å². The summed E-state index contributed by atoms with van der Waals surface area (Å²) in [5.41, 5.74) is -0.542. The number of carbonyl (C=O) groups excluding carboxylic acids is 1. The minimum Gasteiger partial charge on any atom is -0.350 e. The number of aromatic nitrogens is 2. The number of rotatable bonds is 6. The summed E-state index contributed by atoms with van der Waals surface area (Å²) < 4.78 is 3.12. The fraction of sp³-hybridized carbons (Fsp3) is 0.688. The van der Waals surface area contributed by atoms with Gasteiger partial charge in [-0.2, -0.15) is 0 Å². The van der Waals surface area contributed by atoms with Gasteiger partial charge in [0.1, 0.15) is 6.54 Å². The van der Waals surface area contributed by atoms with E-state index < -0.39 is 16.8 Å². The summed E-state index contributed by atoms with van der Waals surface area (Å²) in [5.74, 6) is -0.337. The van der Waals surface area contributed by atoms with Crippen molar-refractivity contribution >= 4 is 28.5 Å². The quantitative estimate of drug-likeness (QED) is 0.549. The zero-order chi connectivity index (χ0) is 17.8. The maximum absolute atomic E-state index is 12.6. The van der Waals surface area contributed by atoms with Gasteiger partial charge in [0, 0.05) is 17.8 Å². The maximum Gasteiger partial charge on any atom is 0.331 e. The van der Waals surface area contributed by atoms with E-state index in [-0.39, 0.29) is 12.5 Å². The molecule has 7 heteroatoms. The van der Waals surface area contributed by atoms with Crippen molar-refractivity contribution in [3.63, 3.8) is 0 Å². The number of carbonyl (C=O) groups is 1. The molecule has 0 aliphatic carbocycles. The molecular weight excluding hydrogens is 409 g/mol. The third-order valence-corrected chi connectivity index (χ3v) is 4.66. The molecule has 0 unspecified atom stereocenters. The van der Waals surface area contributed by atoms with Crippen LogP contribution in [0.5, 0.6) is 0 Å². The number of halogens is 1. The molecule has 0 radical (unpaired) electrons. The fourth-order valence-electron chi connectivity index (χ4n) is 2.29. The van der Waals surface area contributed by atoms with Crippen molar-refractivity contribution in [2.75, 3.05) is 0 Å². The number of unbranched alkanes of at least 4 members (excludes halogenated alkanes) is 2. The van der Waals surface area contributed by atoms with Crippen molar-refractivity contribution in [1.29, 1.82) is 0 Å². The lowest BCUT2D eigenvalue weighted by Gasteiger charge is -2.21. The van der Waals surface area contributed by atoms with Gasteiger partial charge in [0.2, 0.25) is 5.91 Å². The van der Waals surface area contributed by atoms with Crippen molar-refractivity contribution in [3.8, 4) is 0 Å². The molecular formula is C16H26IN3O3. The van der Waals surface area contributed by atoms with Crippen LogP contribution in [0.4, 0.5) is 0 Å². The summed E-state index contributed by atoms with van der Waals surface area (Å²) in [7, 11) is 0. The number of nitrogens with one attached hydrogen (secondary N) is 1. The summed E-state index contributed by atoms with van der Waals surface area (Å²) in [5, 5.41) is 2.78. The van der Waals surface area contributed by atoms with Crippen LogP contribution < -0.4 is 16.6 Å². The molecule has 0 spiro atoms. The molecule has 6 nitrogen and oxygen atoms in total. The molecule has 0 saturated heterocycles. The molecule has 0 fully saturated rings. The largest absolute Gasteiger partial charge is 0.350 e. The molecule has 1 N–H and O–H groups in total. The second-order valence-electron chi connectivity index (χ2n) is 6.73. The molecule has 0 saturated carbocycles. The predicted octanol–water partition coefficient (Wildman–Crippen LogP) is 2.03. The van der Waals surface area contributed by atoms with Crippen molar-refractivity contribution in [1.82, 2.24) is 14.5 Å². The summed E-state index contributed by atoms with van der Waals surface area (Å²) in [6.07, 6.45) is 2.95. The Kier molecular flexibility index (Phi) is 7.03. The van der Waals surface area contributed by atoms with E-state index in [1.165, 1.54) is 0 Å². The molecule has 0 aliphatic heterocycles. The number of nitrogens with zero attached hydrogens (tertiary/aromatic N) is 2. The van der Waals surface area contributed by atoms with Gasteiger partial charge in [0.15, 0.2) is 0 Å². The molecule has 1 amide bonds. The van der Waals surface area contributed by atoms with E-state index in [1.54, 1.807) is 11.5 Å². The molecule has 0 atom stereocenters. The number of hydrogen-bond acceptors (Lipinski definition) is 3. The Morgan fingerprint density at radius 2 is 1.78 bits per heavy atom. The van der Waals surface area contributed by atoms with Gasteiger partial charge in [-0.25, -0.2) is 9.36 Å². The lowest BCUT2D eigenvalue weighted by molar-refractivity contribution is -0.123. The first kappa shape index (κ1) is 19.9. The Hall–Kier alpha value is -1.12. The second kappa shape index (κ2) is 8.12. The molecule has 23 heavy (non-hydrogen) atoms. The van der Waals surface area contributed by atoms with Crippen molar-refractivity contribution in [3.05, 3.63) is 30.1 Å². The Balaban J connectivity index is 3.19. The second-order valence-corrected chi connectivity index (χ2v) is 7.81. The van der Waals surface area contributed by atoms with Crippen LogP contribution >= 0.6 is 22.6 Å². The van der Waals surface area contributed by atoms with Crippen LogP contribution in [0.25, 0.3) is 0 Å². The van der Waals surface area contributed by atoms with E-state index in [0.29, 0.717) is 15.8 Å². The number of amides is 1. The third-order valence-electron chi connectivity index (χ3n) is 3.42. The normalized spacial score (nSPS) is 11.6. The Labute approximate surface area is 150 Å². The van der Waals surface area contributed by atoms with Crippen molar-refractivity contribution < 1.29 is 4.79 Å². The summed E-state index contributed by atoms with van der Waals surface area (Å²) in [6.45, 7) is 9.75. The first-order valence-electron chi connectivity index (χ1n) is 7.89. The average molecular weight is 435 g/mol. The molecule has 0 aromatic carbocycles. The molecule has 0 bridgehead atoms. The van der Waals surface area contributed by atoms with Gasteiger partial charge >= 0.3 is 5.69 Å². The van der Waals surface area contributed by atoms with Crippen LogP contribution in [-0.2, 0) is 17.9 Å².